The van der Waals surface area contributed by atoms with E-state index in [1.54, 1.807) is 6.20 Å². The van der Waals surface area contributed by atoms with Crippen LogP contribution < -0.4 is 15.5 Å². The van der Waals surface area contributed by atoms with Crippen molar-refractivity contribution >= 4 is 17.7 Å². The number of amides is 1. The van der Waals surface area contributed by atoms with E-state index in [1.807, 2.05) is 13.1 Å². The third-order valence-electron chi connectivity index (χ3n) is 5.62. The van der Waals surface area contributed by atoms with Crippen LogP contribution in [-0.2, 0) is 4.79 Å². The second-order valence-corrected chi connectivity index (χ2v) is 7.62. The predicted octanol–water partition coefficient (Wildman–Crippen LogP) is 0.488. The monoisotopic (exact) mass is 375 g/mol. The van der Waals surface area contributed by atoms with Gasteiger partial charge in [-0.05, 0) is 31.9 Å². The van der Waals surface area contributed by atoms with E-state index in [0.29, 0.717) is 18.3 Å². The molecule has 0 bridgehead atoms. The SMILES string of the molecule is CNc1nccc(N2CCC(CC(=O)NCCN3CCN(C)CC3)CC2)n1. The molecule has 8 heteroatoms. The van der Waals surface area contributed by atoms with Crippen LogP contribution in [0.25, 0.3) is 0 Å². The average Bonchev–Trinajstić information content (AvgIpc) is 2.70. The number of carbonyl (C=O) groups excluding carboxylic acids is 1. The van der Waals surface area contributed by atoms with Gasteiger partial charge in [-0.15, -0.1) is 0 Å². The number of hydrogen-bond donors (Lipinski definition) is 2. The molecule has 0 aromatic carbocycles. The van der Waals surface area contributed by atoms with Crippen LogP contribution in [0.2, 0.25) is 0 Å². The van der Waals surface area contributed by atoms with Crippen molar-refractivity contribution in [2.24, 2.45) is 5.92 Å². The molecular weight excluding hydrogens is 342 g/mol. The zero-order valence-electron chi connectivity index (χ0n) is 16.7. The minimum absolute atomic E-state index is 0.196. The Morgan fingerprint density at radius 1 is 1.19 bits per heavy atom. The molecule has 1 aromatic rings. The molecule has 3 heterocycles. The van der Waals surface area contributed by atoms with E-state index >= 15 is 0 Å². The van der Waals surface area contributed by atoms with Crippen LogP contribution in [0.15, 0.2) is 12.3 Å². The number of aromatic nitrogens is 2. The molecule has 8 nitrogen and oxygen atoms in total. The van der Waals surface area contributed by atoms with Crippen LogP contribution in [0.1, 0.15) is 19.3 Å². The summed E-state index contributed by atoms with van der Waals surface area (Å²) in [7, 11) is 3.99. The van der Waals surface area contributed by atoms with Crippen molar-refractivity contribution in [1.82, 2.24) is 25.1 Å². The molecule has 0 atom stereocenters. The van der Waals surface area contributed by atoms with Gasteiger partial charge in [-0.2, -0.15) is 4.98 Å². The maximum atomic E-state index is 12.3. The van der Waals surface area contributed by atoms with Gasteiger partial charge in [0.15, 0.2) is 0 Å². The van der Waals surface area contributed by atoms with Gasteiger partial charge in [0.25, 0.3) is 0 Å². The Morgan fingerprint density at radius 3 is 2.63 bits per heavy atom. The Bertz CT molecular complexity index is 595. The zero-order valence-corrected chi connectivity index (χ0v) is 16.7. The number of carbonyl (C=O) groups is 1. The van der Waals surface area contributed by atoms with Crippen LogP contribution in [-0.4, -0.2) is 92.1 Å². The summed E-state index contributed by atoms with van der Waals surface area (Å²) in [6.07, 6.45) is 4.49. The normalized spacial score (nSPS) is 19.9. The largest absolute Gasteiger partial charge is 0.357 e. The average molecular weight is 376 g/mol. The summed E-state index contributed by atoms with van der Waals surface area (Å²) < 4.78 is 0. The number of nitrogens with zero attached hydrogens (tertiary/aromatic N) is 5. The molecule has 1 aromatic heterocycles. The summed E-state index contributed by atoms with van der Waals surface area (Å²) in [5.41, 5.74) is 0. The molecule has 2 fully saturated rings. The molecule has 0 spiro atoms. The molecule has 2 N–H and O–H groups in total. The molecule has 150 valence electrons. The van der Waals surface area contributed by atoms with Crippen LogP contribution >= 0.6 is 0 Å². The van der Waals surface area contributed by atoms with Crippen molar-refractivity contribution in [1.29, 1.82) is 0 Å². The van der Waals surface area contributed by atoms with Gasteiger partial charge in [0, 0.05) is 72.0 Å². The molecule has 0 saturated carbocycles. The summed E-state index contributed by atoms with van der Waals surface area (Å²) >= 11 is 0. The lowest BCUT2D eigenvalue weighted by molar-refractivity contribution is -0.122. The van der Waals surface area contributed by atoms with Gasteiger partial charge < -0.3 is 20.4 Å². The number of rotatable bonds is 7. The maximum absolute atomic E-state index is 12.3. The third kappa shape index (κ3) is 6.04. The van der Waals surface area contributed by atoms with Crippen molar-refractivity contribution in [3.63, 3.8) is 0 Å². The standard InChI is InChI=1S/C19H33N7O/c1-20-19-22-6-3-17(23-19)26-8-4-16(5-9-26)15-18(27)21-7-10-25-13-11-24(2)12-14-25/h3,6,16H,4-5,7-15H2,1-2H3,(H,21,27)(H,20,22,23). The topological polar surface area (TPSA) is 76.6 Å². The first kappa shape index (κ1) is 19.8. The molecular formula is C19H33N7O. The summed E-state index contributed by atoms with van der Waals surface area (Å²) in [6.45, 7) is 8.04. The van der Waals surface area contributed by atoms with E-state index in [-0.39, 0.29) is 5.91 Å². The number of hydrogen-bond acceptors (Lipinski definition) is 7. The second kappa shape index (κ2) is 9.85. The first-order valence-corrected chi connectivity index (χ1v) is 10.1. The van der Waals surface area contributed by atoms with Crippen molar-refractivity contribution in [3.8, 4) is 0 Å². The molecule has 0 aliphatic carbocycles. The summed E-state index contributed by atoms with van der Waals surface area (Å²) in [5.74, 6) is 2.27. The van der Waals surface area contributed by atoms with Gasteiger partial charge >= 0.3 is 0 Å². The minimum atomic E-state index is 0.196. The summed E-state index contributed by atoms with van der Waals surface area (Å²) in [4.78, 5) is 28.0. The van der Waals surface area contributed by atoms with Gasteiger partial charge in [-0.1, -0.05) is 0 Å². The lowest BCUT2D eigenvalue weighted by Crippen LogP contribution is -2.47. The third-order valence-corrected chi connectivity index (χ3v) is 5.62. The van der Waals surface area contributed by atoms with Gasteiger partial charge in [0.2, 0.25) is 11.9 Å². The maximum Gasteiger partial charge on any atom is 0.224 e. The summed E-state index contributed by atoms with van der Waals surface area (Å²) in [5, 5.41) is 6.09. The van der Waals surface area contributed by atoms with E-state index in [9.17, 15) is 4.79 Å². The van der Waals surface area contributed by atoms with Gasteiger partial charge in [0.1, 0.15) is 5.82 Å². The van der Waals surface area contributed by atoms with Gasteiger partial charge in [-0.25, -0.2) is 4.98 Å². The van der Waals surface area contributed by atoms with E-state index in [4.69, 9.17) is 0 Å². The Kier molecular flexibility index (Phi) is 7.23. The van der Waals surface area contributed by atoms with Crippen molar-refractivity contribution in [3.05, 3.63) is 12.3 Å². The first-order chi connectivity index (χ1) is 13.1. The van der Waals surface area contributed by atoms with E-state index in [1.165, 1.54) is 0 Å². The molecule has 0 unspecified atom stereocenters. The fraction of sp³-hybridized carbons (Fsp3) is 0.737. The van der Waals surface area contributed by atoms with Gasteiger partial charge in [0.05, 0.1) is 0 Å². The molecule has 2 aliphatic heterocycles. The van der Waals surface area contributed by atoms with Crippen LogP contribution in [0.3, 0.4) is 0 Å². The van der Waals surface area contributed by atoms with Crippen LogP contribution in [0.5, 0.6) is 0 Å². The highest BCUT2D eigenvalue weighted by molar-refractivity contribution is 5.76. The van der Waals surface area contributed by atoms with Crippen molar-refractivity contribution < 1.29 is 4.79 Å². The molecule has 3 rings (SSSR count). The highest BCUT2D eigenvalue weighted by atomic mass is 16.1. The van der Waals surface area contributed by atoms with Gasteiger partial charge in [-0.3, -0.25) is 9.69 Å². The molecule has 2 saturated heterocycles. The number of anilines is 2. The molecule has 1 amide bonds. The number of nitrogens with one attached hydrogen (secondary N) is 2. The lowest BCUT2D eigenvalue weighted by atomic mass is 9.93. The number of piperazine rings is 1. The Morgan fingerprint density at radius 2 is 1.93 bits per heavy atom. The van der Waals surface area contributed by atoms with E-state index < -0.39 is 0 Å². The Hall–Kier alpha value is -1.93. The van der Waals surface area contributed by atoms with Crippen LogP contribution in [0.4, 0.5) is 11.8 Å². The highest BCUT2D eigenvalue weighted by Crippen LogP contribution is 2.24. The Labute approximate surface area is 162 Å². The minimum Gasteiger partial charge on any atom is -0.357 e. The smallest absolute Gasteiger partial charge is 0.224 e. The van der Waals surface area contributed by atoms with Crippen molar-refractivity contribution in [2.75, 3.05) is 76.7 Å². The Balaban J connectivity index is 1.33. The highest BCUT2D eigenvalue weighted by Gasteiger charge is 2.22. The fourth-order valence-electron chi connectivity index (χ4n) is 3.77. The predicted molar refractivity (Wildman–Crippen MR) is 108 cm³/mol. The first-order valence-electron chi connectivity index (χ1n) is 10.1. The van der Waals surface area contributed by atoms with Crippen molar-refractivity contribution in [2.45, 2.75) is 19.3 Å². The quantitative estimate of drug-likeness (QED) is 0.718. The molecule has 0 radical (unpaired) electrons. The second-order valence-electron chi connectivity index (χ2n) is 7.62. The molecule has 2 aliphatic rings. The zero-order chi connectivity index (χ0) is 19.1. The van der Waals surface area contributed by atoms with Crippen LogP contribution in [0, 0.1) is 5.92 Å². The summed E-state index contributed by atoms with van der Waals surface area (Å²) in [6, 6.07) is 1.95. The fourth-order valence-corrected chi connectivity index (χ4v) is 3.77. The lowest BCUT2D eigenvalue weighted by Gasteiger charge is -2.33. The number of piperidine rings is 1. The number of likely N-dealkylation sites (N-methyl/N-ethyl adjacent to an activating group) is 1. The van der Waals surface area contributed by atoms with E-state index in [2.05, 4.69) is 42.3 Å². The molecule has 27 heavy (non-hydrogen) atoms. The van der Waals surface area contributed by atoms with E-state index in [0.717, 1.165) is 71.0 Å².